The Hall–Kier alpha value is -2.64. The predicted molar refractivity (Wildman–Crippen MR) is 111 cm³/mol. The average molecular weight is 344 g/mol. The van der Waals surface area contributed by atoms with Crippen LogP contribution < -0.4 is 4.74 Å². The molecule has 0 atom stereocenters. The summed E-state index contributed by atoms with van der Waals surface area (Å²) in [5.74, 6) is 10.2. The lowest BCUT2D eigenvalue weighted by molar-refractivity contribution is 0.381. The van der Waals surface area contributed by atoms with Gasteiger partial charge in [0.05, 0.1) is 7.11 Å². The monoisotopic (exact) mass is 344 g/mol. The molecule has 2 rings (SSSR count). The van der Waals surface area contributed by atoms with E-state index in [0.717, 1.165) is 22.4 Å². The Labute approximate surface area is 158 Å². The molecule has 1 nitrogen and oxygen atoms in total. The Morgan fingerprint density at radius 2 is 1.15 bits per heavy atom. The fraction of sp³-hybridized carbons (Fsp3) is 0.360. The highest BCUT2D eigenvalue weighted by molar-refractivity contribution is 5.55. The van der Waals surface area contributed by atoms with Crippen molar-refractivity contribution in [1.29, 1.82) is 0 Å². The minimum absolute atomic E-state index is 0.0303. The molecule has 0 bridgehead atoms. The van der Waals surface area contributed by atoms with Gasteiger partial charge in [0.15, 0.2) is 0 Å². The summed E-state index contributed by atoms with van der Waals surface area (Å²) in [7, 11) is 1.75. The predicted octanol–water partition coefficient (Wildman–Crippen LogP) is 5.67. The second kappa shape index (κ2) is 7.31. The first-order valence-electron chi connectivity index (χ1n) is 8.88. The maximum absolute atomic E-state index is 5.81. The topological polar surface area (TPSA) is 9.23 Å². The summed E-state index contributed by atoms with van der Waals surface area (Å²) in [6.45, 7) is 13.2. The molecule has 26 heavy (non-hydrogen) atoms. The molecule has 0 aliphatic carbocycles. The number of rotatable bonds is 1. The van der Waals surface area contributed by atoms with Crippen LogP contribution in [-0.4, -0.2) is 7.11 Å². The molecule has 0 aliphatic heterocycles. The van der Waals surface area contributed by atoms with Gasteiger partial charge in [-0.1, -0.05) is 59.3 Å². The summed E-state index contributed by atoms with van der Waals surface area (Å²) in [4.78, 5) is 0. The molecular formula is C25H28O. The molecule has 134 valence electrons. The van der Waals surface area contributed by atoms with Gasteiger partial charge in [0.2, 0.25) is 0 Å². The van der Waals surface area contributed by atoms with Crippen LogP contribution >= 0.6 is 0 Å². The van der Waals surface area contributed by atoms with Crippen LogP contribution in [0.1, 0.15) is 69.4 Å². The van der Waals surface area contributed by atoms with Crippen LogP contribution in [-0.2, 0) is 10.8 Å². The second-order valence-corrected chi connectivity index (χ2v) is 8.58. The van der Waals surface area contributed by atoms with E-state index < -0.39 is 0 Å². The van der Waals surface area contributed by atoms with Gasteiger partial charge in [0, 0.05) is 27.8 Å². The highest BCUT2D eigenvalue weighted by Gasteiger charge is 2.27. The largest absolute Gasteiger partial charge is 0.496 e. The number of hydrogen-bond donors (Lipinski definition) is 0. The molecule has 0 saturated carbocycles. The molecule has 0 N–H and O–H groups in total. The van der Waals surface area contributed by atoms with E-state index in [9.17, 15) is 0 Å². The summed E-state index contributed by atoms with van der Waals surface area (Å²) >= 11 is 0. The second-order valence-electron chi connectivity index (χ2n) is 8.58. The van der Waals surface area contributed by atoms with Crippen LogP contribution in [0.15, 0.2) is 36.4 Å². The van der Waals surface area contributed by atoms with Crippen LogP contribution in [0.25, 0.3) is 0 Å². The van der Waals surface area contributed by atoms with Gasteiger partial charge in [-0.2, -0.15) is 0 Å². The molecule has 0 amide bonds. The Kier molecular flexibility index (Phi) is 5.53. The third kappa shape index (κ3) is 4.50. The maximum atomic E-state index is 5.81. The molecule has 0 aromatic heterocycles. The molecule has 0 saturated heterocycles. The van der Waals surface area contributed by atoms with Crippen molar-refractivity contribution in [3.05, 3.63) is 64.2 Å². The van der Waals surface area contributed by atoms with E-state index in [2.05, 4.69) is 71.4 Å². The van der Waals surface area contributed by atoms with Crippen molar-refractivity contribution >= 4 is 0 Å². The van der Waals surface area contributed by atoms with Crippen molar-refractivity contribution in [2.45, 2.75) is 52.4 Å². The van der Waals surface area contributed by atoms with Crippen molar-refractivity contribution in [2.75, 3.05) is 7.11 Å². The quantitative estimate of drug-likeness (QED) is 0.606. The SMILES string of the molecule is C#Cc1ccc(C#Cc2cc(C(C)(C)C)c(OC)c(C(C)(C)C)c2)cc1. The van der Waals surface area contributed by atoms with Crippen molar-refractivity contribution in [1.82, 2.24) is 0 Å². The van der Waals surface area contributed by atoms with E-state index in [0.29, 0.717) is 0 Å². The van der Waals surface area contributed by atoms with Gasteiger partial charge in [-0.3, -0.25) is 0 Å². The molecule has 0 unspecified atom stereocenters. The lowest BCUT2D eigenvalue weighted by Gasteiger charge is -2.29. The van der Waals surface area contributed by atoms with E-state index in [4.69, 9.17) is 11.2 Å². The third-order valence-electron chi connectivity index (χ3n) is 4.31. The molecule has 0 aliphatic rings. The molecule has 0 spiro atoms. The Balaban J connectivity index is 2.59. The normalized spacial score (nSPS) is 11.3. The summed E-state index contributed by atoms with van der Waals surface area (Å²) in [6.07, 6.45) is 5.41. The minimum Gasteiger partial charge on any atom is -0.496 e. The third-order valence-corrected chi connectivity index (χ3v) is 4.31. The van der Waals surface area contributed by atoms with E-state index in [1.165, 1.54) is 11.1 Å². The van der Waals surface area contributed by atoms with Gasteiger partial charge in [-0.15, -0.1) is 6.42 Å². The molecule has 2 aromatic carbocycles. The van der Waals surface area contributed by atoms with Gasteiger partial charge in [-0.05, 0) is 47.2 Å². The van der Waals surface area contributed by atoms with E-state index >= 15 is 0 Å². The van der Waals surface area contributed by atoms with Crippen LogP contribution in [0.2, 0.25) is 0 Å². The van der Waals surface area contributed by atoms with Gasteiger partial charge >= 0.3 is 0 Å². The molecule has 2 aromatic rings. The molecule has 0 radical (unpaired) electrons. The van der Waals surface area contributed by atoms with Crippen LogP contribution in [0.4, 0.5) is 0 Å². The number of ether oxygens (including phenoxy) is 1. The summed E-state index contributed by atoms with van der Waals surface area (Å²) in [5, 5.41) is 0. The van der Waals surface area contributed by atoms with Crippen molar-refractivity contribution < 1.29 is 4.74 Å². The Bertz CT molecular complexity index is 848. The van der Waals surface area contributed by atoms with Gasteiger partial charge < -0.3 is 4.74 Å². The Morgan fingerprint density at radius 3 is 1.54 bits per heavy atom. The first-order chi connectivity index (χ1) is 12.1. The van der Waals surface area contributed by atoms with E-state index in [1.807, 2.05) is 24.3 Å². The summed E-state index contributed by atoms with van der Waals surface area (Å²) in [5.41, 5.74) is 5.12. The molecule has 0 heterocycles. The lowest BCUT2D eigenvalue weighted by atomic mass is 9.78. The molecule has 0 fully saturated rings. The van der Waals surface area contributed by atoms with E-state index in [1.54, 1.807) is 7.11 Å². The maximum Gasteiger partial charge on any atom is 0.126 e. The zero-order chi connectivity index (χ0) is 19.5. The van der Waals surface area contributed by atoms with Crippen molar-refractivity contribution in [2.24, 2.45) is 0 Å². The fourth-order valence-corrected chi connectivity index (χ4v) is 2.83. The zero-order valence-corrected chi connectivity index (χ0v) is 16.9. The van der Waals surface area contributed by atoms with Crippen LogP contribution in [0.5, 0.6) is 5.75 Å². The van der Waals surface area contributed by atoms with Gasteiger partial charge in [-0.25, -0.2) is 0 Å². The van der Waals surface area contributed by atoms with E-state index in [-0.39, 0.29) is 10.8 Å². The van der Waals surface area contributed by atoms with Crippen LogP contribution in [0.3, 0.4) is 0 Å². The fourth-order valence-electron chi connectivity index (χ4n) is 2.83. The van der Waals surface area contributed by atoms with Crippen molar-refractivity contribution in [3.8, 4) is 29.9 Å². The van der Waals surface area contributed by atoms with Gasteiger partial charge in [0.1, 0.15) is 5.75 Å². The highest BCUT2D eigenvalue weighted by atomic mass is 16.5. The minimum atomic E-state index is -0.0303. The van der Waals surface area contributed by atoms with Crippen molar-refractivity contribution in [3.63, 3.8) is 0 Å². The standard InChI is InChI=1S/C25H28O/c1-9-18-10-12-19(13-11-18)14-15-20-16-21(24(2,3)4)23(26-8)22(17-20)25(5,6)7/h1,10-13,16-17H,2-8H3. The summed E-state index contributed by atoms with van der Waals surface area (Å²) < 4.78 is 5.81. The lowest BCUT2D eigenvalue weighted by Crippen LogP contribution is -2.19. The zero-order valence-electron chi connectivity index (χ0n) is 16.9. The Morgan fingerprint density at radius 1 is 0.731 bits per heavy atom. The van der Waals surface area contributed by atoms with Crippen LogP contribution in [0, 0.1) is 24.2 Å². The average Bonchev–Trinajstić information content (AvgIpc) is 2.58. The number of terminal acetylenes is 1. The first-order valence-corrected chi connectivity index (χ1v) is 8.88. The molecular weight excluding hydrogens is 316 g/mol. The number of hydrogen-bond acceptors (Lipinski definition) is 1. The number of methoxy groups -OCH3 is 1. The van der Waals surface area contributed by atoms with Gasteiger partial charge in [0.25, 0.3) is 0 Å². The summed E-state index contributed by atoms with van der Waals surface area (Å²) in [6, 6.07) is 12.0. The first kappa shape index (κ1) is 19.7. The smallest absolute Gasteiger partial charge is 0.126 e. The number of benzene rings is 2. The highest BCUT2D eigenvalue weighted by Crippen LogP contribution is 2.40. The molecule has 1 heteroatoms.